The van der Waals surface area contributed by atoms with E-state index in [1.807, 2.05) is 0 Å². The summed E-state index contributed by atoms with van der Waals surface area (Å²) in [5, 5.41) is 3.81. The molecule has 1 aliphatic carbocycles. The molecule has 28 heavy (non-hydrogen) atoms. The van der Waals surface area contributed by atoms with Crippen LogP contribution in [0.4, 0.5) is 0 Å². The minimum absolute atomic E-state index is 0.0552. The molecular weight excluding hydrogens is 378 g/mol. The van der Waals surface area contributed by atoms with Gasteiger partial charge in [-0.25, -0.2) is 14.8 Å². The summed E-state index contributed by atoms with van der Waals surface area (Å²) < 4.78 is 2.43. The second-order valence-electron chi connectivity index (χ2n) is 7.29. The lowest BCUT2D eigenvalue weighted by Crippen LogP contribution is -2.38. The summed E-state index contributed by atoms with van der Waals surface area (Å²) in [5.74, 6) is 0.721. The van der Waals surface area contributed by atoms with E-state index in [1.54, 1.807) is 7.05 Å². The van der Waals surface area contributed by atoms with Crippen molar-refractivity contribution in [1.82, 2.24) is 24.4 Å². The number of aromatic nitrogens is 4. The molecule has 2 aromatic heterocycles. The molecule has 0 aliphatic heterocycles. The molecule has 2 aromatic rings. The van der Waals surface area contributed by atoms with Gasteiger partial charge in [0.05, 0.1) is 5.75 Å². The highest BCUT2D eigenvalue weighted by Crippen LogP contribution is 2.23. The summed E-state index contributed by atoms with van der Waals surface area (Å²) in [7, 11) is 3.04. The van der Waals surface area contributed by atoms with Crippen LogP contribution in [0.3, 0.4) is 0 Å². The number of amides is 1. The van der Waals surface area contributed by atoms with Crippen molar-refractivity contribution in [2.75, 3.05) is 5.75 Å². The number of rotatable bonds is 7. The quantitative estimate of drug-likeness (QED) is 0.554. The van der Waals surface area contributed by atoms with Crippen molar-refractivity contribution in [3.05, 3.63) is 26.7 Å². The van der Waals surface area contributed by atoms with E-state index in [2.05, 4.69) is 22.2 Å². The Bertz CT molecular complexity index is 992. The van der Waals surface area contributed by atoms with E-state index in [9.17, 15) is 14.4 Å². The fraction of sp³-hybridized carbons (Fsp3) is 0.632. The number of nitrogens with one attached hydrogen (secondary N) is 1. The minimum Gasteiger partial charge on any atom is -0.353 e. The zero-order valence-electron chi connectivity index (χ0n) is 16.7. The van der Waals surface area contributed by atoms with Crippen LogP contribution in [-0.4, -0.2) is 36.8 Å². The topological polar surface area (TPSA) is 98.9 Å². The number of hydrogen-bond donors (Lipinski definition) is 1. The standard InChI is InChI=1S/C19H27N5O3S/c1-4-5-10-13-21-16-15(18(26)24(3)19(27)23(16)2)17(22-13)28-11-14(25)20-12-8-6-7-9-12/h12H,4-11H2,1-3H3,(H,20,25). The van der Waals surface area contributed by atoms with Crippen molar-refractivity contribution in [3.63, 3.8) is 0 Å². The Hall–Kier alpha value is -2.16. The van der Waals surface area contributed by atoms with Gasteiger partial charge in [0.1, 0.15) is 16.2 Å². The number of aryl methyl sites for hydroxylation is 2. The van der Waals surface area contributed by atoms with Crippen LogP contribution < -0.4 is 16.6 Å². The summed E-state index contributed by atoms with van der Waals surface area (Å²) in [6.45, 7) is 2.08. The van der Waals surface area contributed by atoms with Crippen LogP contribution in [0.25, 0.3) is 11.0 Å². The number of nitrogens with zero attached hydrogens (tertiary/aromatic N) is 4. The van der Waals surface area contributed by atoms with Crippen molar-refractivity contribution in [3.8, 4) is 0 Å². The zero-order valence-corrected chi connectivity index (χ0v) is 17.5. The van der Waals surface area contributed by atoms with E-state index in [-0.39, 0.29) is 17.7 Å². The Balaban J connectivity index is 1.95. The Labute approximate surface area is 167 Å². The van der Waals surface area contributed by atoms with Gasteiger partial charge < -0.3 is 5.32 Å². The van der Waals surface area contributed by atoms with Gasteiger partial charge in [-0.2, -0.15) is 0 Å². The van der Waals surface area contributed by atoms with Crippen molar-refractivity contribution in [2.24, 2.45) is 14.1 Å². The molecule has 2 heterocycles. The molecule has 1 aliphatic rings. The maximum atomic E-state index is 12.7. The van der Waals surface area contributed by atoms with Gasteiger partial charge in [0.2, 0.25) is 5.91 Å². The van der Waals surface area contributed by atoms with Crippen LogP contribution in [0.15, 0.2) is 14.6 Å². The number of carbonyl (C=O) groups is 1. The highest BCUT2D eigenvalue weighted by Gasteiger charge is 2.20. The molecule has 0 saturated heterocycles. The Kier molecular flexibility index (Phi) is 6.53. The molecular formula is C19H27N5O3S. The molecule has 0 unspecified atom stereocenters. The molecule has 0 aromatic carbocycles. The first-order chi connectivity index (χ1) is 13.4. The lowest BCUT2D eigenvalue weighted by Gasteiger charge is -2.13. The van der Waals surface area contributed by atoms with Gasteiger partial charge in [-0.1, -0.05) is 37.9 Å². The Morgan fingerprint density at radius 3 is 2.57 bits per heavy atom. The van der Waals surface area contributed by atoms with E-state index < -0.39 is 11.2 Å². The van der Waals surface area contributed by atoms with Crippen molar-refractivity contribution in [2.45, 2.75) is 62.9 Å². The third-order valence-corrected chi connectivity index (χ3v) is 6.10. The molecule has 1 fully saturated rings. The van der Waals surface area contributed by atoms with Gasteiger partial charge in [0, 0.05) is 26.6 Å². The maximum absolute atomic E-state index is 12.7. The first-order valence-electron chi connectivity index (χ1n) is 9.81. The third-order valence-electron chi connectivity index (χ3n) is 5.13. The van der Waals surface area contributed by atoms with E-state index in [4.69, 9.17) is 0 Å². The highest BCUT2D eigenvalue weighted by atomic mass is 32.2. The lowest BCUT2D eigenvalue weighted by atomic mass is 10.2. The molecule has 0 atom stereocenters. The van der Waals surface area contributed by atoms with E-state index in [0.717, 1.165) is 43.1 Å². The molecule has 1 saturated carbocycles. The van der Waals surface area contributed by atoms with Gasteiger partial charge in [-0.3, -0.25) is 18.7 Å². The summed E-state index contributed by atoms with van der Waals surface area (Å²) in [6.07, 6.45) is 6.92. The summed E-state index contributed by atoms with van der Waals surface area (Å²) in [4.78, 5) is 46.4. The van der Waals surface area contributed by atoms with Crippen LogP contribution in [-0.2, 0) is 25.3 Å². The summed E-state index contributed by atoms with van der Waals surface area (Å²) >= 11 is 1.23. The number of hydrogen-bond acceptors (Lipinski definition) is 6. The average molecular weight is 406 g/mol. The molecule has 0 spiro atoms. The normalized spacial score (nSPS) is 14.7. The largest absolute Gasteiger partial charge is 0.353 e. The predicted octanol–water partition coefficient (Wildman–Crippen LogP) is 1.52. The smallest absolute Gasteiger partial charge is 0.332 e. The molecule has 0 bridgehead atoms. The third kappa shape index (κ3) is 4.29. The van der Waals surface area contributed by atoms with Gasteiger partial charge in [-0.05, 0) is 19.3 Å². The Morgan fingerprint density at radius 1 is 1.18 bits per heavy atom. The highest BCUT2D eigenvalue weighted by molar-refractivity contribution is 8.00. The molecule has 152 valence electrons. The Morgan fingerprint density at radius 2 is 1.89 bits per heavy atom. The fourth-order valence-corrected chi connectivity index (χ4v) is 4.34. The molecule has 9 heteroatoms. The first kappa shape index (κ1) is 20.6. The van der Waals surface area contributed by atoms with Gasteiger partial charge in [0.25, 0.3) is 5.56 Å². The predicted molar refractivity (Wildman–Crippen MR) is 110 cm³/mol. The van der Waals surface area contributed by atoms with Crippen molar-refractivity contribution < 1.29 is 4.79 Å². The summed E-state index contributed by atoms with van der Waals surface area (Å²) in [6, 6.07) is 0.254. The van der Waals surface area contributed by atoms with E-state index in [0.29, 0.717) is 28.3 Å². The van der Waals surface area contributed by atoms with Crippen LogP contribution in [0.1, 0.15) is 51.3 Å². The SMILES string of the molecule is CCCCc1nc(SCC(=O)NC2CCCC2)c2c(=O)n(C)c(=O)n(C)c2n1. The molecule has 0 radical (unpaired) electrons. The van der Waals surface area contributed by atoms with Gasteiger partial charge in [-0.15, -0.1) is 0 Å². The number of unbranched alkanes of at least 4 members (excludes halogenated alkanes) is 1. The van der Waals surface area contributed by atoms with Crippen molar-refractivity contribution >= 4 is 28.7 Å². The van der Waals surface area contributed by atoms with Crippen LogP contribution in [0, 0.1) is 0 Å². The van der Waals surface area contributed by atoms with E-state index >= 15 is 0 Å². The van der Waals surface area contributed by atoms with Gasteiger partial charge >= 0.3 is 5.69 Å². The lowest BCUT2D eigenvalue weighted by molar-refractivity contribution is -0.119. The number of thioether (sulfide) groups is 1. The van der Waals surface area contributed by atoms with E-state index in [1.165, 1.54) is 23.4 Å². The summed E-state index contributed by atoms with van der Waals surface area (Å²) in [5.41, 5.74) is -0.528. The maximum Gasteiger partial charge on any atom is 0.332 e. The second-order valence-corrected chi connectivity index (χ2v) is 8.25. The van der Waals surface area contributed by atoms with Crippen LogP contribution >= 0.6 is 11.8 Å². The van der Waals surface area contributed by atoms with Crippen LogP contribution in [0.2, 0.25) is 0 Å². The molecule has 8 nitrogen and oxygen atoms in total. The fourth-order valence-electron chi connectivity index (χ4n) is 3.50. The molecule has 1 N–H and O–H groups in total. The zero-order chi connectivity index (χ0) is 20.3. The van der Waals surface area contributed by atoms with Crippen molar-refractivity contribution in [1.29, 1.82) is 0 Å². The first-order valence-corrected chi connectivity index (χ1v) is 10.8. The van der Waals surface area contributed by atoms with Crippen LogP contribution in [0.5, 0.6) is 0 Å². The minimum atomic E-state index is -0.432. The average Bonchev–Trinajstić information content (AvgIpc) is 3.19. The number of carbonyl (C=O) groups excluding carboxylic acids is 1. The second kappa shape index (κ2) is 8.89. The molecule has 1 amide bonds. The number of fused-ring (bicyclic) bond motifs is 1. The molecule has 3 rings (SSSR count). The van der Waals surface area contributed by atoms with Gasteiger partial charge in [0.15, 0.2) is 5.65 Å². The monoisotopic (exact) mass is 405 g/mol.